The van der Waals surface area contributed by atoms with Crippen LogP contribution in [-0.2, 0) is 16.9 Å². The van der Waals surface area contributed by atoms with Gasteiger partial charge in [-0.1, -0.05) is 19.1 Å². The monoisotopic (exact) mass is 365 g/mol. The van der Waals surface area contributed by atoms with Crippen molar-refractivity contribution in [2.24, 2.45) is 11.8 Å². The smallest absolute Gasteiger partial charge is 0.360 e. The van der Waals surface area contributed by atoms with Crippen LogP contribution in [0.5, 0.6) is 6.01 Å². The Morgan fingerprint density at radius 2 is 2.12 bits per heavy atom. The fourth-order valence-corrected chi connectivity index (χ4v) is 3.08. The van der Waals surface area contributed by atoms with E-state index < -0.39 is 5.60 Å². The lowest BCUT2D eigenvalue weighted by Crippen LogP contribution is -2.39. The van der Waals surface area contributed by atoms with Gasteiger partial charge in [0, 0.05) is 12.2 Å². The van der Waals surface area contributed by atoms with E-state index in [1.165, 1.54) is 30.3 Å². The highest BCUT2D eigenvalue weighted by Crippen LogP contribution is 2.46. The van der Waals surface area contributed by atoms with Gasteiger partial charge >= 0.3 is 11.2 Å². The molecule has 1 heterocycles. The molecule has 2 atom stereocenters. The van der Waals surface area contributed by atoms with E-state index in [9.17, 15) is 9.50 Å². The number of ether oxygens (including phenoxy) is 2. The van der Waals surface area contributed by atoms with Crippen molar-refractivity contribution in [1.29, 1.82) is 0 Å². The molecule has 3 rings (SSSR count). The van der Waals surface area contributed by atoms with Crippen molar-refractivity contribution in [3.63, 3.8) is 0 Å². The van der Waals surface area contributed by atoms with Crippen LogP contribution in [0.15, 0.2) is 30.6 Å². The van der Waals surface area contributed by atoms with E-state index in [0.717, 1.165) is 12.8 Å². The largest absolute Gasteiger partial charge is 0.460 e. The van der Waals surface area contributed by atoms with Gasteiger partial charge in [0.05, 0.1) is 13.7 Å². The summed E-state index contributed by atoms with van der Waals surface area (Å²) in [6.07, 6.45) is 3.46. The summed E-state index contributed by atoms with van der Waals surface area (Å²) in [5.41, 5.74) is -0.612. The SMILES string of the molecule is COC(=S)Oc1ncnn1C[C@@](O)(c1ccc(F)cc1)C(C)C1CC1. The van der Waals surface area contributed by atoms with Crippen molar-refractivity contribution >= 4 is 17.5 Å². The standard InChI is InChI=1S/C17H20FN3O3S/c1-11(12-3-4-12)17(22,13-5-7-14(18)8-6-13)9-21-15(19-10-20-21)24-16(25)23-2/h5-8,10-12,22H,3-4,9H2,1-2H3/t11?,17-/m0/s1. The van der Waals surface area contributed by atoms with Crippen LogP contribution in [0, 0.1) is 17.7 Å². The van der Waals surface area contributed by atoms with Gasteiger partial charge in [0.2, 0.25) is 0 Å². The van der Waals surface area contributed by atoms with Gasteiger partial charge in [-0.25, -0.2) is 9.07 Å². The molecule has 1 unspecified atom stereocenters. The summed E-state index contributed by atoms with van der Waals surface area (Å²) in [4.78, 5) is 4.01. The highest BCUT2D eigenvalue weighted by molar-refractivity contribution is 7.79. The van der Waals surface area contributed by atoms with Crippen LogP contribution < -0.4 is 4.74 Å². The number of rotatable bonds is 6. The lowest BCUT2D eigenvalue weighted by atomic mass is 9.79. The number of methoxy groups -OCH3 is 1. The molecule has 6 nitrogen and oxygen atoms in total. The molecule has 1 fully saturated rings. The highest BCUT2D eigenvalue weighted by Gasteiger charge is 2.45. The molecule has 0 spiro atoms. The third-order valence-corrected chi connectivity index (χ3v) is 4.99. The molecule has 1 N–H and O–H groups in total. The summed E-state index contributed by atoms with van der Waals surface area (Å²) in [5.74, 6) is 0.0350. The molecule has 134 valence electrons. The van der Waals surface area contributed by atoms with Gasteiger partial charge in [0.15, 0.2) is 0 Å². The molecule has 1 saturated carbocycles. The Labute approximate surface area is 150 Å². The molecular weight excluding hydrogens is 345 g/mol. The summed E-state index contributed by atoms with van der Waals surface area (Å²) >= 11 is 4.89. The molecule has 1 aliphatic carbocycles. The van der Waals surface area contributed by atoms with Gasteiger partial charge in [-0.3, -0.25) is 0 Å². The minimum absolute atomic E-state index is 0.0376. The molecule has 0 radical (unpaired) electrons. The third-order valence-electron chi connectivity index (χ3n) is 4.74. The second-order valence-corrected chi connectivity index (χ2v) is 6.65. The first-order valence-electron chi connectivity index (χ1n) is 8.06. The lowest BCUT2D eigenvalue weighted by Gasteiger charge is -2.35. The Hall–Kier alpha value is -2.06. The number of aromatic nitrogens is 3. The Balaban J connectivity index is 1.92. The van der Waals surface area contributed by atoms with Crippen molar-refractivity contribution in [1.82, 2.24) is 14.8 Å². The van der Waals surface area contributed by atoms with Gasteiger partial charge in [0.1, 0.15) is 17.7 Å². The second-order valence-electron chi connectivity index (χ2n) is 6.31. The minimum Gasteiger partial charge on any atom is -0.460 e. The van der Waals surface area contributed by atoms with E-state index in [1.807, 2.05) is 6.92 Å². The molecule has 25 heavy (non-hydrogen) atoms. The van der Waals surface area contributed by atoms with Crippen LogP contribution in [0.3, 0.4) is 0 Å². The van der Waals surface area contributed by atoms with E-state index in [1.54, 1.807) is 12.1 Å². The molecular formula is C17H20FN3O3S. The summed E-state index contributed by atoms with van der Waals surface area (Å²) in [5, 5.41) is 15.5. The van der Waals surface area contributed by atoms with Crippen LogP contribution >= 0.6 is 12.2 Å². The van der Waals surface area contributed by atoms with E-state index in [4.69, 9.17) is 21.7 Å². The van der Waals surface area contributed by atoms with Gasteiger partial charge in [-0.05, 0) is 42.4 Å². The quantitative estimate of drug-likeness (QED) is 0.794. The molecule has 8 heteroatoms. The summed E-state index contributed by atoms with van der Waals surface area (Å²) in [6, 6.07) is 6.03. The number of benzene rings is 1. The average Bonchev–Trinajstić information content (AvgIpc) is 3.37. The van der Waals surface area contributed by atoms with Crippen molar-refractivity contribution in [3.8, 4) is 6.01 Å². The molecule has 2 aromatic rings. The average molecular weight is 365 g/mol. The zero-order chi connectivity index (χ0) is 18.0. The highest BCUT2D eigenvalue weighted by atomic mass is 32.1. The fourth-order valence-electron chi connectivity index (χ4n) is 3.01. The van der Waals surface area contributed by atoms with Crippen LogP contribution in [-0.4, -0.2) is 32.2 Å². The van der Waals surface area contributed by atoms with Crippen molar-refractivity contribution in [2.45, 2.75) is 31.9 Å². The molecule has 1 aliphatic rings. The van der Waals surface area contributed by atoms with E-state index in [2.05, 4.69) is 10.1 Å². The number of thiocarbonyl (C=S) groups is 1. The van der Waals surface area contributed by atoms with Crippen molar-refractivity contribution in [2.75, 3.05) is 7.11 Å². The van der Waals surface area contributed by atoms with E-state index >= 15 is 0 Å². The predicted molar refractivity (Wildman–Crippen MR) is 92.4 cm³/mol. The molecule has 1 aromatic heterocycles. The first kappa shape index (κ1) is 17.8. The van der Waals surface area contributed by atoms with Crippen LogP contribution in [0.2, 0.25) is 0 Å². The Bertz CT molecular complexity index is 748. The fraction of sp³-hybridized carbons (Fsp3) is 0.471. The molecule has 0 bridgehead atoms. The topological polar surface area (TPSA) is 69.4 Å². The zero-order valence-electron chi connectivity index (χ0n) is 14.1. The number of aliphatic hydroxyl groups is 1. The maximum Gasteiger partial charge on any atom is 0.360 e. The molecule has 0 saturated heterocycles. The van der Waals surface area contributed by atoms with Crippen LogP contribution in [0.1, 0.15) is 25.3 Å². The third kappa shape index (κ3) is 3.80. The van der Waals surface area contributed by atoms with E-state index in [0.29, 0.717) is 11.5 Å². The first-order valence-corrected chi connectivity index (χ1v) is 8.47. The predicted octanol–water partition coefficient (Wildman–Crippen LogP) is 2.66. The van der Waals surface area contributed by atoms with Crippen molar-refractivity contribution in [3.05, 3.63) is 42.0 Å². The number of nitrogens with zero attached hydrogens (tertiary/aromatic N) is 3. The summed E-state index contributed by atoms with van der Waals surface area (Å²) < 4.78 is 24.9. The van der Waals surface area contributed by atoms with E-state index in [-0.39, 0.29) is 29.5 Å². The molecule has 0 aliphatic heterocycles. The maximum atomic E-state index is 13.3. The van der Waals surface area contributed by atoms with Crippen LogP contribution in [0.25, 0.3) is 0 Å². The Kier molecular flexibility index (Phi) is 5.01. The van der Waals surface area contributed by atoms with Gasteiger partial charge in [-0.15, -0.1) is 0 Å². The number of hydrogen-bond donors (Lipinski definition) is 1. The number of halogens is 1. The Morgan fingerprint density at radius 1 is 1.44 bits per heavy atom. The maximum absolute atomic E-state index is 13.3. The summed E-state index contributed by atoms with van der Waals surface area (Å²) in [6.45, 7) is 2.11. The van der Waals surface area contributed by atoms with Crippen molar-refractivity contribution < 1.29 is 19.0 Å². The van der Waals surface area contributed by atoms with Gasteiger partial charge in [0.25, 0.3) is 0 Å². The van der Waals surface area contributed by atoms with Gasteiger partial charge < -0.3 is 14.6 Å². The van der Waals surface area contributed by atoms with Crippen LogP contribution in [0.4, 0.5) is 4.39 Å². The second kappa shape index (κ2) is 7.05. The zero-order valence-corrected chi connectivity index (χ0v) is 14.9. The number of hydrogen-bond acceptors (Lipinski definition) is 6. The normalized spacial score (nSPS) is 17.6. The molecule has 0 amide bonds. The minimum atomic E-state index is -1.24. The lowest BCUT2D eigenvalue weighted by molar-refractivity contribution is -0.0455. The first-order chi connectivity index (χ1) is 11.9. The Morgan fingerprint density at radius 3 is 2.72 bits per heavy atom. The molecule has 1 aromatic carbocycles. The van der Waals surface area contributed by atoms with Gasteiger partial charge in [-0.2, -0.15) is 10.1 Å². The summed E-state index contributed by atoms with van der Waals surface area (Å²) in [7, 11) is 1.40.